The van der Waals surface area contributed by atoms with Crippen molar-refractivity contribution in [2.75, 3.05) is 5.32 Å². The van der Waals surface area contributed by atoms with Gasteiger partial charge in [0.2, 0.25) is 0 Å². The molecule has 10 aromatic carbocycles. The fourth-order valence-corrected chi connectivity index (χ4v) is 8.37. The van der Waals surface area contributed by atoms with Crippen LogP contribution in [0.25, 0.3) is 88.1 Å². The molecule has 0 radical (unpaired) electrons. The number of nitrogens with one attached hydrogen (secondary N) is 1. The van der Waals surface area contributed by atoms with E-state index < -0.39 is 0 Å². The van der Waals surface area contributed by atoms with E-state index in [2.05, 4.69) is 242 Å². The van der Waals surface area contributed by atoms with E-state index in [0.717, 1.165) is 28.0 Å². The smallest absolute Gasteiger partial charge is 0.0385 e. The molecule has 0 bridgehead atoms. The van der Waals surface area contributed by atoms with E-state index in [0.29, 0.717) is 0 Å². The van der Waals surface area contributed by atoms with Crippen molar-refractivity contribution < 1.29 is 0 Å². The van der Waals surface area contributed by atoms with Gasteiger partial charge >= 0.3 is 0 Å². The predicted molar refractivity (Wildman–Crippen MR) is 255 cm³/mol. The van der Waals surface area contributed by atoms with Crippen molar-refractivity contribution in [3.63, 3.8) is 0 Å². The fourth-order valence-electron chi connectivity index (χ4n) is 8.37. The monoisotopic (exact) mass is 751 g/mol. The quantitative estimate of drug-likeness (QED) is 0.114. The first-order valence-corrected chi connectivity index (χ1v) is 20.2. The lowest BCUT2D eigenvalue weighted by atomic mass is 9.89. The van der Waals surface area contributed by atoms with Crippen molar-refractivity contribution in [2.24, 2.45) is 0 Å². The van der Waals surface area contributed by atoms with E-state index >= 15 is 0 Å². The van der Waals surface area contributed by atoms with Gasteiger partial charge in [-0.05, 0) is 124 Å². The second kappa shape index (κ2) is 16.0. The molecule has 0 unspecified atom stereocenters. The molecule has 0 aliphatic rings. The summed E-state index contributed by atoms with van der Waals surface area (Å²) in [5.74, 6) is 0. The molecular weight excluding hydrogens is 711 g/mol. The third kappa shape index (κ3) is 7.34. The van der Waals surface area contributed by atoms with Crippen molar-refractivity contribution in [3.05, 3.63) is 248 Å². The summed E-state index contributed by atoms with van der Waals surface area (Å²) in [7, 11) is 0. The Kier molecular flexibility index (Phi) is 9.68. The standard InChI is InChI=1S/C58H41N/c1-2-14-42(15-3-1)43(32-29-41-30-33-45(34-31-41)49-36-35-44-16-4-5-17-46(44)38-49)21-13-37-59-51-22-11-19-48(40-51)47-18-10-20-50(39-47)52-27-12-28-57-55-24-7-6-23-53(55)54-25-8-9-26-56(54)58(52)57/h1-40,59H/b32-29-,37-13+,43-21+. The molecule has 0 amide bonds. The van der Waals surface area contributed by atoms with Gasteiger partial charge in [-0.15, -0.1) is 0 Å². The van der Waals surface area contributed by atoms with Crippen LogP contribution in [-0.4, -0.2) is 0 Å². The molecular formula is C58H41N. The Morgan fingerprint density at radius 3 is 1.75 bits per heavy atom. The third-order valence-electron chi connectivity index (χ3n) is 11.3. The minimum atomic E-state index is 1.03. The topological polar surface area (TPSA) is 12.0 Å². The van der Waals surface area contributed by atoms with E-state index in [1.165, 1.54) is 70.9 Å². The molecule has 0 aliphatic carbocycles. The molecule has 1 N–H and O–H groups in total. The Labute approximate surface area is 345 Å². The lowest BCUT2D eigenvalue weighted by Crippen LogP contribution is -1.89. The van der Waals surface area contributed by atoms with Gasteiger partial charge in [-0.3, -0.25) is 0 Å². The van der Waals surface area contributed by atoms with Crippen molar-refractivity contribution in [2.45, 2.75) is 0 Å². The molecule has 1 heteroatoms. The van der Waals surface area contributed by atoms with Gasteiger partial charge in [-0.1, -0.05) is 206 Å². The van der Waals surface area contributed by atoms with Crippen molar-refractivity contribution in [1.29, 1.82) is 0 Å². The molecule has 0 spiro atoms. The number of fused-ring (bicyclic) bond motifs is 7. The Bertz CT molecular complexity index is 3180. The summed E-state index contributed by atoms with van der Waals surface area (Å²) in [6.07, 6.45) is 10.6. The molecule has 10 rings (SSSR count). The zero-order chi connectivity index (χ0) is 39.4. The summed E-state index contributed by atoms with van der Waals surface area (Å²) >= 11 is 0. The highest BCUT2D eigenvalue weighted by atomic mass is 14.8. The normalized spacial score (nSPS) is 12.0. The summed E-state index contributed by atoms with van der Waals surface area (Å²) in [4.78, 5) is 0. The van der Waals surface area contributed by atoms with E-state index in [1.54, 1.807) is 0 Å². The first-order chi connectivity index (χ1) is 29.2. The van der Waals surface area contributed by atoms with Crippen LogP contribution < -0.4 is 5.32 Å². The van der Waals surface area contributed by atoms with Crippen LogP contribution >= 0.6 is 0 Å². The lowest BCUT2D eigenvalue weighted by molar-refractivity contribution is 1.55. The summed E-state index contributed by atoms with van der Waals surface area (Å²) in [5.41, 5.74) is 11.7. The summed E-state index contributed by atoms with van der Waals surface area (Å²) < 4.78 is 0. The molecule has 1 nitrogen and oxygen atoms in total. The zero-order valence-corrected chi connectivity index (χ0v) is 32.6. The van der Waals surface area contributed by atoms with Gasteiger partial charge in [-0.2, -0.15) is 0 Å². The highest BCUT2D eigenvalue weighted by Gasteiger charge is 2.13. The molecule has 0 atom stereocenters. The molecule has 0 heterocycles. The maximum atomic E-state index is 3.53. The van der Waals surface area contributed by atoms with Gasteiger partial charge in [0.25, 0.3) is 0 Å². The van der Waals surface area contributed by atoms with Crippen LogP contribution in [0.15, 0.2) is 237 Å². The minimum Gasteiger partial charge on any atom is -0.362 e. The van der Waals surface area contributed by atoms with Gasteiger partial charge in [0.1, 0.15) is 0 Å². The van der Waals surface area contributed by atoms with Crippen molar-refractivity contribution >= 4 is 60.4 Å². The van der Waals surface area contributed by atoms with Gasteiger partial charge in [0.15, 0.2) is 0 Å². The second-order valence-corrected chi connectivity index (χ2v) is 15.0. The molecule has 278 valence electrons. The lowest BCUT2D eigenvalue weighted by Gasteiger charge is -2.15. The van der Waals surface area contributed by atoms with E-state index in [4.69, 9.17) is 0 Å². The van der Waals surface area contributed by atoms with Crippen LogP contribution in [0.1, 0.15) is 11.1 Å². The molecule has 0 aromatic heterocycles. The van der Waals surface area contributed by atoms with Crippen LogP contribution in [0.5, 0.6) is 0 Å². The highest BCUT2D eigenvalue weighted by Crippen LogP contribution is 2.41. The van der Waals surface area contributed by atoms with E-state index in [-0.39, 0.29) is 0 Å². The maximum Gasteiger partial charge on any atom is 0.0385 e. The number of benzene rings is 10. The number of anilines is 1. The van der Waals surface area contributed by atoms with Crippen molar-refractivity contribution in [1.82, 2.24) is 0 Å². The Morgan fingerprint density at radius 1 is 0.390 bits per heavy atom. The Hall–Kier alpha value is -7.74. The summed E-state index contributed by atoms with van der Waals surface area (Å²) in [5, 5.41) is 13.8. The number of allylic oxidation sites excluding steroid dienone is 4. The maximum absolute atomic E-state index is 3.53. The summed E-state index contributed by atoms with van der Waals surface area (Å²) in [6.45, 7) is 0. The van der Waals surface area contributed by atoms with Crippen LogP contribution in [0.4, 0.5) is 5.69 Å². The van der Waals surface area contributed by atoms with Gasteiger partial charge in [0, 0.05) is 11.9 Å². The average molecular weight is 752 g/mol. The van der Waals surface area contributed by atoms with Crippen LogP contribution in [-0.2, 0) is 0 Å². The van der Waals surface area contributed by atoms with Gasteiger partial charge in [0.05, 0.1) is 0 Å². The molecule has 0 saturated heterocycles. The van der Waals surface area contributed by atoms with Crippen LogP contribution in [0.3, 0.4) is 0 Å². The molecule has 59 heavy (non-hydrogen) atoms. The van der Waals surface area contributed by atoms with Crippen molar-refractivity contribution in [3.8, 4) is 33.4 Å². The first-order valence-electron chi connectivity index (χ1n) is 20.2. The molecule has 0 aliphatic heterocycles. The Morgan fingerprint density at radius 2 is 0.966 bits per heavy atom. The predicted octanol–water partition coefficient (Wildman–Crippen LogP) is 16.0. The van der Waals surface area contributed by atoms with Crippen LogP contribution in [0, 0.1) is 0 Å². The molecule has 0 fully saturated rings. The zero-order valence-electron chi connectivity index (χ0n) is 32.6. The third-order valence-corrected chi connectivity index (χ3v) is 11.3. The fraction of sp³-hybridized carbons (Fsp3) is 0. The minimum absolute atomic E-state index is 1.03. The first kappa shape index (κ1) is 35.7. The van der Waals surface area contributed by atoms with Gasteiger partial charge < -0.3 is 5.32 Å². The largest absolute Gasteiger partial charge is 0.362 e. The number of rotatable bonds is 9. The average Bonchev–Trinajstić information content (AvgIpc) is 3.31. The van der Waals surface area contributed by atoms with Crippen LogP contribution in [0.2, 0.25) is 0 Å². The Balaban J connectivity index is 0.894. The molecule has 0 saturated carbocycles. The highest BCUT2D eigenvalue weighted by molar-refractivity contribution is 6.28. The van der Waals surface area contributed by atoms with Gasteiger partial charge in [-0.25, -0.2) is 0 Å². The SMILES string of the molecule is C(=C/c1ccc(-c2ccc3ccccc3c2)cc1)/C(=C\C=C\Nc1cccc(-c2cccc(-c3cccc4c5ccccc5c5ccccc5c34)c2)c1)c1ccccc1. The second-order valence-electron chi connectivity index (χ2n) is 15.0. The number of hydrogen-bond donors (Lipinski definition) is 1. The van der Waals surface area contributed by atoms with E-state index in [9.17, 15) is 0 Å². The summed E-state index contributed by atoms with van der Waals surface area (Å²) in [6, 6.07) is 76.4. The molecule has 10 aromatic rings. The van der Waals surface area contributed by atoms with E-state index in [1.807, 2.05) is 6.20 Å². The number of hydrogen-bond acceptors (Lipinski definition) is 1.